The van der Waals surface area contributed by atoms with E-state index in [1.807, 2.05) is 35.0 Å². The summed E-state index contributed by atoms with van der Waals surface area (Å²) in [6, 6.07) is 20.0. The van der Waals surface area contributed by atoms with Crippen molar-refractivity contribution >= 4 is 16.9 Å². The topological polar surface area (TPSA) is 70.2 Å². The zero-order valence-electron chi connectivity index (χ0n) is 20.5. The summed E-state index contributed by atoms with van der Waals surface area (Å²) in [6.45, 7) is 2.75. The van der Waals surface area contributed by atoms with E-state index in [4.69, 9.17) is 9.26 Å². The molecule has 0 radical (unpaired) electrons. The maximum absolute atomic E-state index is 14.0. The fourth-order valence-electron chi connectivity index (χ4n) is 4.47. The maximum Gasteiger partial charge on any atom is 0.417 e. The molecule has 0 saturated heterocycles. The molecule has 0 aliphatic carbocycles. The lowest BCUT2D eigenvalue weighted by molar-refractivity contribution is -0.143. The van der Waals surface area contributed by atoms with E-state index in [-0.39, 0.29) is 28.8 Å². The van der Waals surface area contributed by atoms with Gasteiger partial charge in [0, 0.05) is 41.2 Å². The van der Waals surface area contributed by atoms with Crippen molar-refractivity contribution in [2.24, 2.45) is 0 Å². The molecule has 3 aromatic carbocycles. The monoisotopic (exact) mass is 519 g/mol. The first kappa shape index (κ1) is 25.3. The average molecular weight is 520 g/mol. The summed E-state index contributed by atoms with van der Waals surface area (Å²) in [5, 5.41) is 4.93. The van der Waals surface area contributed by atoms with Crippen LogP contribution in [0.5, 0.6) is 0 Å². The fourth-order valence-corrected chi connectivity index (χ4v) is 4.47. The first-order valence-corrected chi connectivity index (χ1v) is 12.2. The molecule has 0 amide bonds. The molecule has 0 unspecified atom stereocenters. The largest absolute Gasteiger partial charge is 0.466 e. The van der Waals surface area contributed by atoms with E-state index in [2.05, 4.69) is 10.1 Å². The molecule has 5 rings (SSSR count). The first-order valence-electron chi connectivity index (χ1n) is 12.2. The molecule has 0 fully saturated rings. The van der Waals surface area contributed by atoms with Gasteiger partial charge in [0.1, 0.15) is 0 Å². The van der Waals surface area contributed by atoms with E-state index < -0.39 is 11.7 Å². The van der Waals surface area contributed by atoms with Crippen LogP contribution in [0.25, 0.3) is 44.9 Å². The summed E-state index contributed by atoms with van der Waals surface area (Å²) >= 11 is 0. The number of carbonyl (C=O) groups excluding carboxylic acids is 1. The molecule has 6 nitrogen and oxygen atoms in total. The van der Waals surface area contributed by atoms with E-state index in [1.165, 1.54) is 6.07 Å². The van der Waals surface area contributed by atoms with Crippen LogP contribution in [0, 0.1) is 0 Å². The van der Waals surface area contributed by atoms with Gasteiger partial charge < -0.3 is 13.8 Å². The molecule has 194 valence electrons. The summed E-state index contributed by atoms with van der Waals surface area (Å²) in [7, 11) is 0. The van der Waals surface area contributed by atoms with Gasteiger partial charge in [-0.05, 0) is 48.7 Å². The summed E-state index contributed by atoms with van der Waals surface area (Å²) < 4.78 is 54.3. The number of nitrogens with zero attached hydrogens (tertiary/aromatic N) is 3. The van der Waals surface area contributed by atoms with Crippen LogP contribution in [-0.4, -0.2) is 27.3 Å². The van der Waals surface area contributed by atoms with Crippen molar-refractivity contribution in [3.63, 3.8) is 0 Å². The Kier molecular flexibility index (Phi) is 7.00. The third kappa shape index (κ3) is 5.18. The van der Waals surface area contributed by atoms with Crippen molar-refractivity contribution in [1.29, 1.82) is 0 Å². The number of fused-ring (bicyclic) bond motifs is 1. The molecule has 9 heteroatoms. The van der Waals surface area contributed by atoms with Crippen LogP contribution in [0.3, 0.4) is 0 Å². The van der Waals surface area contributed by atoms with Gasteiger partial charge >= 0.3 is 12.1 Å². The number of esters is 1. The molecule has 38 heavy (non-hydrogen) atoms. The van der Waals surface area contributed by atoms with Gasteiger partial charge in [0.2, 0.25) is 5.82 Å². The van der Waals surface area contributed by atoms with Crippen LogP contribution < -0.4 is 0 Å². The van der Waals surface area contributed by atoms with Crippen molar-refractivity contribution in [2.75, 3.05) is 6.61 Å². The third-order valence-electron chi connectivity index (χ3n) is 6.22. The minimum atomic E-state index is -4.56. The Hall–Kier alpha value is -4.40. The Bertz CT molecular complexity index is 1570. The molecule has 0 atom stereocenters. The highest BCUT2D eigenvalue weighted by Crippen LogP contribution is 2.39. The van der Waals surface area contributed by atoms with E-state index in [0.29, 0.717) is 37.1 Å². The Balaban J connectivity index is 1.44. The zero-order valence-corrected chi connectivity index (χ0v) is 20.5. The lowest BCUT2D eigenvalue weighted by Crippen LogP contribution is -2.07. The molecular formula is C29H24F3N3O3. The van der Waals surface area contributed by atoms with Crippen LogP contribution in [0.2, 0.25) is 0 Å². The first-order chi connectivity index (χ1) is 18.3. The molecule has 0 saturated carbocycles. The number of halogens is 3. The highest BCUT2D eigenvalue weighted by molar-refractivity contribution is 5.94. The van der Waals surface area contributed by atoms with E-state index in [1.54, 1.807) is 43.3 Å². The second kappa shape index (κ2) is 10.5. The summed E-state index contributed by atoms with van der Waals surface area (Å²) in [4.78, 5) is 16.1. The second-order valence-corrected chi connectivity index (χ2v) is 8.70. The Labute approximate surface area is 216 Å². The van der Waals surface area contributed by atoms with Gasteiger partial charge in [0.25, 0.3) is 5.89 Å². The minimum Gasteiger partial charge on any atom is -0.466 e. The van der Waals surface area contributed by atoms with Gasteiger partial charge in [-0.25, -0.2) is 0 Å². The average Bonchev–Trinajstić information content (AvgIpc) is 3.56. The highest BCUT2D eigenvalue weighted by atomic mass is 19.4. The predicted octanol–water partition coefficient (Wildman–Crippen LogP) is 7.39. The van der Waals surface area contributed by atoms with Gasteiger partial charge in [0.05, 0.1) is 12.2 Å². The third-order valence-corrected chi connectivity index (χ3v) is 6.22. The molecule has 2 aromatic heterocycles. The summed E-state index contributed by atoms with van der Waals surface area (Å²) in [5.41, 5.74) is 1.57. The highest BCUT2D eigenvalue weighted by Gasteiger charge is 2.34. The van der Waals surface area contributed by atoms with Crippen LogP contribution >= 0.6 is 0 Å². The minimum absolute atomic E-state index is 0.00372. The second-order valence-electron chi connectivity index (χ2n) is 8.70. The molecule has 0 spiro atoms. The molecule has 2 heterocycles. The summed E-state index contributed by atoms with van der Waals surface area (Å²) in [5.74, 6) is 0.0426. The van der Waals surface area contributed by atoms with Crippen LogP contribution in [0.4, 0.5) is 13.2 Å². The van der Waals surface area contributed by atoms with E-state index >= 15 is 0 Å². The van der Waals surface area contributed by atoms with Gasteiger partial charge in [-0.3, -0.25) is 4.79 Å². The number of aryl methyl sites for hydroxylation is 1. The van der Waals surface area contributed by atoms with Gasteiger partial charge in [-0.1, -0.05) is 53.7 Å². The van der Waals surface area contributed by atoms with Gasteiger partial charge in [-0.15, -0.1) is 0 Å². The normalized spacial score (nSPS) is 11.7. The fraction of sp³-hybridized carbons (Fsp3) is 0.207. The Morgan fingerprint density at radius 3 is 2.55 bits per heavy atom. The zero-order chi connectivity index (χ0) is 26.7. The Morgan fingerprint density at radius 2 is 1.79 bits per heavy atom. The van der Waals surface area contributed by atoms with Crippen LogP contribution in [0.1, 0.15) is 25.3 Å². The maximum atomic E-state index is 14.0. The van der Waals surface area contributed by atoms with Crippen molar-refractivity contribution in [2.45, 2.75) is 32.5 Å². The SMILES string of the molecule is CCOC(=O)CCCn1ccc2c(-c3noc(-c4ccc(-c5ccccc5)c(C(F)(F)F)c4)n3)cccc21. The van der Waals surface area contributed by atoms with Gasteiger partial charge in [0.15, 0.2) is 0 Å². The number of alkyl halides is 3. The van der Waals surface area contributed by atoms with Crippen LogP contribution in [-0.2, 0) is 22.3 Å². The van der Waals surface area contributed by atoms with Crippen LogP contribution in [0.15, 0.2) is 83.5 Å². The van der Waals surface area contributed by atoms with Crippen molar-refractivity contribution < 1.29 is 27.2 Å². The Morgan fingerprint density at radius 1 is 0.974 bits per heavy atom. The number of benzene rings is 3. The molecule has 0 aliphatic heterocycles. The van der Waals surface area contributed by atoms with Gasteiger partial charge in [-0.2, -0.15) is 18.2 Å². The smallest absolute Gasteiger partial charge is 0.417 e. The van der Waals surface area contributed by atoms with Crippen molar-refractivity contribution in [3.8, 4) is 34.0 Å². The number of rotatable bonds is 8. The number of aromatic nitrogens is 3. The lowest BCUT2D eigenvalue weighted by atomic mass is 9.97. The van der Waals surface area contributed by atoms with E-state index in [9.17, 15) is 18.0 Å². The number of ether oxygens (including phenoxy) is 1. The standard InChI is InChI=1S/C29H24F3N3O3/c1-2-37-26(36)12-7-16-35-17-15-22-23(10-6-11-25(22)35)27-33-28(38-34-27)20-13-14-21(19-8-4-3-5-9-19)24(18-20)29(30,31)32/h3-6,8-11,13-15,17-18H,2,7,12,16H2,1H3. The molecular weight excluding hydrogens is 495 g/mol. The number of hydrogen-bond donors (Lipinski definition) is 0. The molecule has 5 aromatic rings. The van der Waals surface area contributed by atoms with E-state index in [0.717, 1.165) is 17.0 Å². The molecule has 0 bridgehead atoms. The van der Waals surface area contributed by atoms with Crippen molar-refractivity contribution in [1.82, 2.24) is 14.7 Å². The predicted molar refractivity (Wildman–Crippen MR) is 137 cm³/mol. The summed E-state index contributed by atoms with van der Waals surface area (Å²) in [6.07, 6.45) is -1.70. The van der Waals surface area contributed by atoms with Crippen molar-refractivity contribution in [3.05, 3.63) is 84.6 Å². The molecule has 0 aliphatic rings. The molecule has 0 N–H and O–H groups in total. The number of hydrogen-bond acceptors (Lipinski definition) is 5. The lowest BCUT2D eigenvalue weighted by Gasteiger charge is -2.14. The quantitative estimate of drug-likeness (QED) is 0.200. The number of carbonyl (C=O) groups is 1.